The van der Waals surface area contributed by atoms with Crippen molar-refractivity contribution < 1.29 is 14.1 Å². The molecule has 3 aromatic rings. The Labute approximate surface area is 193 Å². The number of amides is 2. The molecule has 1 aliphatic carbocycles. The Kier molecular flexibility index (Phi) is 5.70. The number of anilines is 2. The molecule has 1 aliphatic heterocycles. The summed E-state index contributed by atoms with van der Waals surface area (Å²) in [4.78, 5) is 31.8. The van der Waals surface area contributed by atoms with Crippen molar-refractivity contribution in [2.45, 2.75) is 51.9 Å². The fourth-order valence-corrected chi connectivity index (χ4v) is 4.70. The second kappa shape index (κ2) is 8.81. The van der Waals surface area contributed by atoms with E-state index in [1.165, 1.54) is 18.4 Å². The van der Waals surface area contributed by atoms with Crippen molar-refractivity contribution in [3.05, 3.63) is 59.5 Å². The predicted octanol–water partition coefficient (Wildman–Crippen LogP) is 5.00. The zero-order valence-electron chi connectivity index (χ0n) is 19.0. The van der Waals surface area contributed by atoms with Gasteiger partial charge in [-0.3, -0.25) is 9.59 Å². The third-order valence-corrected chi connectivity index (χ3v) is 6.83. The van der Waals surface area contributed by atoms with Gasteiger partial charge in [-0.15, -0.1) is 0 Å². The summed E-state index contributed by atoms with van der Waals surface area (Å²) in [6, 6.07) is 13.4. The first-order valence-electron chi connectivity index (χ1n) is 11.6. The first-order valence-corrected chi connectivity index (χ1v) is 11.6. The van der Waals surface area contributed by atoms with Crippen molar-refractivity contribution in [3.8, 4) is 11.4 Å². The third-order valence-electron chi connectivity index (χ3n) is 6.83. The average molecular weight is 445 g/mol. The van der Waals surface area contributed by atoms with Crippen LogP contribution in [0.15, 0.2) is 47.0 Å². The molecule has 1 unspecified atom stereocenters. The molecule has 1 atom stereocenters. The summed E-state index contributed by atoms with van der Waals surface area (Å²) >= 11 is 0. The van der Waals surface area contributed by atoms with Gasteiger partial charge in [0.05, 0.1) is 5.92 Å². The van der Waals surface area contributed by atoms with Crippen molar-refractivity contribution in [1.82, 2.24) is 10.1 Å². The minimum absolute atomic E-state index is 0.0293. The summed E-state index contributed by atoms with van der Waals surface area (Å²) in [5, 5.41) is 7.11. The highest BCUT2D eigenvalue weighted by molar-refractivity contribution is 6.03. The van der Waals surface area contributed by atoms with Gasteiger partial charge in [0.2, 0.25) is 23.5 Å². The minimum atomic E-state index is -0.401. The van der Waals surface area contributed by atoms with Gasteiger partial charge in [-0.25, -0.2) is 0 Å². The smallest absolute Gasteiger partial charge is 0.230 e. The molecule has 2 heterocycles. The molecule has 1 saturated carbocycles. The number of hydrogen-bond donors (Lipinski definition) is 1. The number of hydrogen-bond acceptors (Lipinski definition) is 5. The van der Waals surface area contributed by atoms with Crippen molar-refractivity contribution in [2.24, 2.45) is 5.92 Å². The highest BCUT2D eigenvalue weighted by atomic mass is 16.5. The Morgan fingerprint density at radius 1 is 1.09 bits per heavy atom. The molecular formula is C26H28N4O3. The maximum atomic E-state index is 12.9. The van der Waals surface area contributed by atoms with Gasteiger partial charge in [0, 0.05) is 35.8 Å². The number of benzene rings is 2. The van der Waals surface area contributed by atoms with Gasteiger partial charge in [0.1, 0.15) is 0 Å². The molecule has 170 valence electrons. The van der Waals surface area contributed by atoms with Crippen molar-refractivity contribution in [2.75, 3.05) is 16.8 Å². The van der Waals surface area contributed by atoms with E-state index in [0.29, 0.717) is 29.9 Å². The van der Waals surface area contributed by atoms with E-state index < -0.39 is 5.92 Å². The van der Waals surface area contributed by atoms with Crippen LogP contribution in [0.5, 0.6) is 0 Å². The van der Waals surface area contributed by atoms with Crippen LogP contribution >= 0.6 is 0 Å². The summed E-state index contributed by atoms with van der Waals surface area (Å²) in [5.41, 5.74) is 4.59. The maximum absolute atomic E-state index is 12.9. The molecule has 33 heavy (non-hydrogen) atoms. The molecule has 7 heteroatoms. The van der Waals surface area contributed by atoms with Gasteiger partial charge >= 0.3 is 0 Å². The van der Waals surface area contributed by atoms with Crippen LogP contribution in [0.4, 0.5) is 11.4 Å². The van der Waals surface area contributed by atoms with E-state index in [4.69, 9.17) is 4.52 Å². The minimum Gasteiger partial charge on any atom is -0.339 e. The summed E-state index contributed by atoms with van der Waals surface area (Å²) in [6.07, 6.45) is 4.80. The highest BCUT2D eigenvalue weighted by Crippen LogP contribution is 2.34. The second-order valence-electron chi connectivity index (χ2n) is 9.18. The van der Waals surface area contributed by atoms with E-state index in [-0.39, 0.29) is 18.2 Å². The zero-order valence-corrected chi connectivity index (χ0v) is 19.0. The first-order chi connectivity index (χ1) is 16.0. The SMILES string of the molecule is Cc1ccc(N2CC(C(=O)Nc3cccc(-c4noc(C5CCCC5)n4)c3)CC2=O)cc1C. The van der Waals surface area contributed by atoms with E-state index in [9.17, 15) is 9.59 Å². The van der Waals surface area contributed by atoms with Crippen LogP contribution in [0.2, 0.25) is 0 Å². The molecule has 5 rings (SSSR count). The number of carbonyl (C=O) groups excluding carboxylic acids is 2. The number of aromatic nitrogens is 2. The van der Waals surface area contributed by atoms with Gasteiger partial charge in [0.25, 0.3) is 0 Å². The Morgan fingerprint density at radius 3 is 2.70 bits per heavy atom. The van der Waals surface area contributed by atoms with Crippen LogP contribution < -0.4 is 10.2 Å². The monoisotopic (exact) mass is 444 g/mol. The van der Waals surface area contributed by atoms with Gasteiger partial charge in [-0.1, -0.05) is 36.2 Å². The maximum Gasteiger partial charge on any atom is 0.230 e. The standard InChI is InChI=1S/C26H28N4O3/c1-16-10-11-22(12-17(16)2)30-15-20(14-23(30)31)25(32)27-21-9-5-8-19(13-21)24-28-26(33-29-24)18-6-3-4-7-18/h5,8-13,18,20H,3-4,6-7,14-15H2,1-2H3,(H,27,32). The molecule has 1 saturated heterocycles. The van der Waals surface area contributed by atoms with Crippen LogP contribution in [-0.2, 0) is 9.59 Å². The lowest BCUT2D eigenvalue weighted by Gasteiger charge is -2.18. The van der Waals surface area contributed by atoms with E-state index in [2.05, 4.69) is 15.5 Å². The van der Waals surface area contributed by atoms with Gasteiger partial charge in [-0.05, 0) is 62.1 Å². The molecule has 0 spiro atoms. The molecular weight excluding hydrogens is 416 g/mol. The van der Waals surface area contributed by atoms with E-state index in [1.807, 2.05) is 56.3 Å². The molecule has 1 N–H and O–H groups in total. The van der Waals surface area contributed by atoms with Crippen LogP contribution in [0.25, 0.3) is 11.4 Å². The van der Waals surface area contributed by atoms with Crippen LogP contribution in [0.3, 0.4) is 0 Å². The summed E-state index contributed by atoms with van der Waals surface area (Å²) in [5.74, 6) is 0.999. The summed E-state index contributed by atoms with van der Waals surface area (Å²) in [6.45, 7) is 4.44. The lowest BCUT2D eigenvalue weighted by molar-refractivity contribution is -0.122. The lowest BCUT2D eigenvalue weighted by atomic mass is 10.1. The quantitative estimate of drug-likeness (QED) is 0.598. The fourth-order valence-electron chi connectivity index (χ4n) is 4.70. The largest absolute Gasteiger partial charge is 0.339 e. The van der Waals surface area contributed by atoms with Crippen molar-refractivity contribution in [1.29, 1.82) is 0 Å². The lowest BCUT2D eigenvalue weighted by Crippen LogP contribution is -2.28. The second-order valence-corrected chi connectivity index (χ2v) is 9.18. The Balaban J connectivity index is 1.26. The van der Waals surface area contributed by atoms with Gasteiger partial charge in [0.15, 0.2) is 0 Å². The van der Waals surface area contributed by atoms with Crippen LogP contribution in [0, 0.1) is 19.8 Å². The molecule has 2 aliphatic rings. The number of aryl methyl sites for hydroxylation is 2. The average Bonchev–Trinajstić information content (AvgIpc) is 3.56. The van der Waals surface area contributed by atoms with E-state index in [0.717, 1.165) is 29.7 Å². The zero-order chi connectivity index (χ0) is 22.9. The molecule has 2 fully saturated rings. The first kappa shape index (κ1) is 21.4. The normalized spacial score (nSPS) is 18.8. The number of nitrogens with zero attached hydrogens (tertiary/aromatic N) is 3. The van der Waals surface area contributed by atoms with E-state index in [1.54, 1.807) is 4.90 Å². The molecule has 7 nitrogen and oxygen atoms in total. The Morgan fingerprint density at radius 2 is 1.91 bits per heavy atom. The number of rotatable bonds is 5. The molecule has 2 amide bonds. The van der Waals surface area contributed by atoms with Crippen molar-refractivity contribution in [3.63, 3.8) is 0 Å². The third kappa shape index (κ3) is 4.40. The fraction of sp³-hybridized carbons (Fsp3) is 0.385. The number of nitrogens with one attached hydrogen (secondary N) is 1. The molecule has 0 radical (unpaired) electrons. The van der Waals surface area contributed by atoms with E-state index >= 15 is 0 Å². The topological polar surface area (TPSA) is 88.3 Å². The Hall–Kier alpha value is -3.48. The molecule has 0 bridgehead atoms. The van der Waals surface area contributed by atoms with Gasteiger partial charge < -0.3 is 14.7 Å². The summed E-state index contributed by atoms with van der Waals surface area (Å²) < 4.78 is 5.50. The Bertz CT molecular complexity index is 1200. The van der Waals surface area contributed by atoms with Crippen molar-refractivity contribution >= 4 is 23.2 Å². The summed E-state index contributed by atoms with van der Waals surface area (Å²) in [7, 11) is 0. The predicted molar refractivity (Wildman–Crippen MR) is 126 cm³/mol. The highest BCUT2D eigenvalue weighted by Gasteiger charge is 2.35. The molecule has 1 aromatic heterocycles. The van der Waals surface area contributed by atoms with Gasteiger partial charge in [-0.2, -0.15) is 4.98 Å². The van der Waals surface area contributed by atoms with Crippen LogP contribution in [0.1, 0.15) is 55.0 Å². The van der Waals surface area contributed by atoms with Crippen LogP contribution in [-0.4, -0.2) is 28.5 Å². The molecule has 2 aromatic carbocycles. The number of carbonyl (C=O) groups is 2.